The Kier molecular flexibility index (Phi) is 4.97. The molecule has 5 rings (SSSR count). The van der Waals surface area contributed by atoms with Gasteiger partial charge in [0.1, 0.15) is 11.4 Å². The molecule has 1 spiro atoms. The van der Waals surface area contributed by atoms with Gasteiger partial charge in [0.2, 0.25) is 15.9 Å². The van der Waals surface area contributed by atoms with Gasteiger partial charge in [-0.05, 0) is 55.5 Å². The first-order valence-electron chi connectivity index (χ1n) is 10.6. The quantitative estimate of drug-likeness (QED) is 0.612. The van der Waals surface area contributed by atoms with E-state index in [1.807, 2.05) is 0 Å². The molecule has 10 heteroatoms. The Morgan fingerprint density at radius 1 is 1.18 bits per heavy atom. The van der Waals surface area contributed by atoms with Gasteiger partial charge in [0.05, 0.1) is 17.0 Å². The minimum Gasteiger partial charge on any atom is -0.486 e. The zero-order chi connectivity index (χ0) is 23.4. The molecule has 2 aliphatic heterocycles. The van der Waals surface area contributed by atoms with Crippen molar-refractivity contribution < 1.29 is 31.1 Å². The summed E-state index contributed by atoms with van der Waals surface area (Å²) >= 11 is 0. The van der Waals surface area contributed by atoms with Gasteiger partial charge in [-0.3, -0.25) is 9.52 Å². The Hall–Kier alpha value is -3.01. The Balaban J connectivity index is 1.46. The van der Waals surface area contributed by atoms with Crippen LogP contribution in [0.5, 0.6) is 5.75 Å². The van der Waals surface area contributed by atoms with E-state index < -0.39 is 33.3 Å². The average Bonchev–Trinajstić information content (AvgIpc) is 2.70. The lowest BCUT2D eigenvalue weighted by Gasteiger charge is -2.46. The van der Waals surface area contributed by atoms with Crippen LogP contribution >= 0.6 is 0 Å². The third kappa shape index (κ3) is 4.19. The number of amides is 1. The Labute approximate surface area is 188 Å². The molecule has 0 saturated heterocycles. The van der Waals surface area contributed by atoms with Gasteiger partial charge in [-0.2, -0.15) is 13.2 Å². The number of alkyl halides is 3. The number of fused-ring (bicyclic) bond motifs is 2. The number of hydrogen-bond donors (Lipinski definition) is 2. The minimum absolute atomic E-state index is 0.0806. The van der Waals surface area contributed by atoms with Gasteiger partial charge in [-0.25, -0.2) is 8.42 Å². The van der Waals surface area contributed by atoms with Crippen molar-refractivity contribution in [2.24, 2.45) is 0 Å². The fraction of sp³-hybridized carbons (Fsp3) is 0.348. The Morgan fingerprint density at radius 3 is 2.67 bits per heavy atom. The second kappa shape index (κ2) is 7.51. The zero-order valence-electron chi connectivity index (χ0n) is 17.5. The summed E-state index contributed by atoms with van der Waals surface area (Å²) in [5.74, 6) is -0.377. The maximum absolute atomic E-state index is 13.2. The topological polar surface area (TPSA) is 84.5 Å². The Morgan fingerprint density at radius 2 is 1.97 bits per heavy atom. The summed E-state index contributed by atoms with van der Waals surface area (Å²) in [4.78, 5) is 12.9. The van der Waals surface area contributed by atoms with Crippen LogP contribution in [0.25, 0.3) is 5.57 Å². The van der Waals surface area contributed by atoms with E-state index in [9.17, 15) is 26.4 Å². The smallest absolute Gasteiger partial charge is 0.416 e. The van der Waals surface area contributed by atoms with E-state index in [-0.39, 0.29) is 17.9 Å². The largest absolute Gasteiger partial charge is 0.486 e. The van der Waals surface area contributed by atoms with Crippen molar-refractivity contribution in [1.29, 1.82) is 0 Å². The lowest BCUT2D eigenvalue weighted by atomic mass is 9.72. The average molecular weight is 478 g/mol. The van der Waals surface area contributed by atoms with E-state index in [4.69, 9.17) is 4.74 Å². The lowest BCUT2D eigenvalue weighted by Crippen LogP contribution is -2.45. The summed E-state index contributed by atoms with van der Waals surface area (Å²) in [7, 11) is -3.39. The van der Waals surface area contributed by atoms with Crippen molar-refractivity contribution in [2.45, 2.75) is 43.9 Å². The first kappa shape index (κ1) is 21.8. The SMILES string of the molecule is O=C(C=C1CC2(CCC2)Oc2cc(C(F)(F)F)ccc21)Nc1cccc2c1CCS(=O)(=O)N2. The molecule has 174 valence electrons. The van der Waals surface area contributed by atoms with Crippen LogP contribution in [0.3, 0.4) is 0 Å². The molecule has 2 heterocycles. The van der Waals surface area contributed by atoms with E-state index >= 15 is 0 Å². The van der Waals surface area contributed by atoms with Gasteiger partial charge < -0.3 is 10.1 Å². The van der Waals surface area contributed by atoms with Crippen molar-refractivity contribution in [2.75, 3.05) is 15.8 Å². The molecule has 1 amide bonds. The number of rotatable bonds is 2. The predicted molar refractivity (Wildman–Crippen MR) is 117 cm³/mol. The van der Waals surface area contributed by atoms with E-state index in [1.165, 1.54) is 12.1 Å². The highest BCUT2D eigenvalue weighted by Crippen LogP contribution is 2.50. The summed E-state index contributed by atoms with van der Waals surface area (Å²) < 4.78 is 71.7. The highest BCUT2D eigenvalue weighted by Gasteiger charge is 2.44. The van der Waals surface area contributed by atoms with Crippen molar-refractivity contribution >= 4 is 32.9 Å². The molecule has 33 heavy (non-hydrogen) atoms. The number of ether oxygens (including phenoxy) is 1. The second-order valence-electron chi connectivity index (χ2n) is 8.69. The maximum Gasteiger partial charge on any atom is 0.416 e. The molecule has 0 aromatic heterocycles. The molecule has 6 nitrogen and oxygen atoms in total. The van der Waals surface area contributed by atoms with Crippen molar-refractivity contribution in [3.05, 3.63) is 59.2 Å². The summed E-state index contributed by atoms with van der Waals surface area (Å²) in [6, 6.07) is 8.30. The molecule has 0 radical (unpaired) electrons. The standard InChI is InChI=1S/C23H21F3N2O4S/c24-23(25,26)15-5-6-16-14(13-22(8-2-9-22)32-20(16)12-15)11-21(29)27-18-3-1-4-19-17(18)7-10-33(30,31)28-19/h1,3-6,11-12,28H,2,7-10,13H2,(H,27,29). The van der Waals surface area contributed by atoms with Crippen LogP contribution in [0.4, 0.5) is 24.5 Å². The molecule has 0 unspecified atom stereocenters. The number of halogens is 3. The van der Waals surface area contributed by atoms with E-state index in [2.05, 4.69) is 10.0 Å². The van der Waals surface area contributed by atoms with Gasteiger partial charge in [0, 0.05) is 29.3 Å². The van der Waals surface area contributed by atoms with E-state index in [0.717, 1.165) is 18.6 Å². The summed E-state index contributed by atoms with van der Waals surface area (Å²) in [6.07, 6.45) is -0.0379. The number of sulfonamides is 1. The van der Waals surface area contributed by atoms with Crippen LogP contribution in [0, 0.1) is 0 Å². The van der Waals surface area contributed by atoms with Crippen LogP contribution in [0.2, 0.25) is 0 Å². The van der Waals surface area contributed by atoms with Crippen molar-refractivity contribution in [3.63, 3.8) is 0 Å². The monoisotopic (exact) mass is 478 g/mol. The molecule has 3 aliphatic rings. The van der Waals surface area contributed by atoms with E-state index in [0.29, 0.717) is 47.3 Å². The summed E-state index contributed by atoms with van der Waals surface area (Å²) in [6.45, 7) is 0. The van der Waals surface area contributed by atoms with Gasteiger partial charge in [0.25, 0.3) is 0 Å². The van der Waals surface area contributed by atoms with Gasteiger partial charge in [-0.15, -0.1) is 0 Å². The highest BCUT2D eigenvalue weighted by atomic mass is 32.2. The highest BCUT2D eigenvalue weighted by molar-refractivity contribution is 7.92. The maximum atomic E-state index is 13.2. The third-order valence-corrected chi connectivity index (χ3v) is 7.66. The molecular formula is C23H21F3N2O4S. The van der Waals surface area contributed by atoms with Crippen LogP contribution in [0.1, 0.15) is 42.4 Å². The van der Waals surface area contributed by atoms with Crippen molar-refractivity contribution in [3.8, 4) is 5.75 Å². The second-order valence-corrected chi connectivity index (χ2v) is 10.5. The fourth-order valence-electron chi connectivity index (χ4n) is 4.59. The molecule has 2 aromatic carbocycles. The van der Waals surface area contributed by atoms with Crippen LogP contribution in [0.15, 0.2) is 42.5 Å². The van der Waals surface area contributed by atoms with Crippen LogP contribution in [-0.4, -0.2) is 25.7 Å². The molecular weight excluding hydrogens is 457 g/mol. The molecule has 1 aliphatic carbocycles. The number of carbonyl (C=O) groups excluding carboxylic acids is 1. The number of benzene rings is 2. The first-order valence-corrected chi connectivity index (χ1v) is 12.2. The van der Waals surface area contributed by atoms with E-state index in [1.54, 1.807) is 18.2 Å². The number of hydrogen-bond acceptors (Lipinski definition) is 4. The summed E-state index contributed by atoms with van der Waals surface area (Å²) in [5.41, 5.74) is 1.34. The van der Waals surface area contributed by atoms with Crippen LogP contribution in [-0.2, 0) is 27.4 Å². The van der Waals surface area contributed by atoms with Crippen molar-refractivity contribution in [1.82, 2.24) is 0 Å². The van der Waals surface area contributed by atoms with Crippen LogP contribution < -0.4 is 14.8 Å². The lowest BCUT2D eigenvalue weighted by molar-refractivity contribution is -0.138. The van der Waals surface area contributed by atoms with Gasteiger partial charge in [-0.1, -0.05) is 12.1 Å². The number of nitrogens with one attached hydrogen (secondary N) is 2. The first-order chi connectivity index (χ1) is 15.5. The third-order valence-electron chi connectivity index (χ3n) is 6.38. The Bertz CT molecular complexity index is 1280. The molecule has 0 atom stereocenters. The molecule has 2 N–H and O–H groups in total. The zero-order valence-corrected chi connectivity index (χ0v) is 18.3. The predicted octanol–water partition coefficient (Wildman–Crippen LogP) is 4.73. The molecule has 0 bridgehead atoms. The van der Waals surface area contributed by atoms with Gasteiger partial charge >= 0.3 is 6.18 Å². The minimum atomic E-state index is -4.49. The number of anilines is 2. The summed E-state index contributed by atoms with van der Waals surface area (Å²) in [5, 5.41) is 2.80. The molecule has 1 saturated carbocycles. The fourth-order valence-corrected chi connectivity index (χ4v) is 5.69. The molecule has 1 fully saturated rings. The normalized spacial score (nSPS) is 21.2. The number of carbonyl (C=O) groups is 1. The molecule has 2 aromatic rings. The van der Waals surface area contributed by atoms with Gasteiger partial charge in [0.15, 0.2) is 0 Å².